The van der Waals surface area contributed by atoms with E-state index < -0.39 is 10.0 Å². The summed E-state index contributed by atoms with van der Waals surface area (Å²) in [6.45, 7) is 5.17. The number of sulfonamides is 1. The minimum absolute atomic E-state index is 0.0759. The average molecular weight is 285 g/mol. The molecule has 19 heavy (non-hydrogen) atoms. The van der Waals surface area contributed by atoms with Crippen LogP contribution in [0.1, 0.15) is 29.9 Å². The van der Waals surface area contributed by atoms with E-state index in [4.69, 9.17) is 0 Å². The first kappa shape index (κ1) is 15.6. The Balaban J connectivity index is 2.85. The average Bonchev–Trinajstić information content (AvgIpc) is 2.37. The monoisotopic (exact) mass is 285 g/mol. The van der Waals surface area contributed by atoms with Crippen molar-refractivity contribution in [3.8, 4) is 0 Å². The van der Waals surface area contributed by atoms with Crippen LogP contribution in [-0.2, 0) is 16.6 Å². The largest absolute Gasteiger partial charge is 0.339 e. The molecule has 1 aromatic heterocycles. The number of nitrogens with one attached hydrogen (secondary N) is 1. The topological polar surface area (TPSA) is 79.4 Å². The van der Waals surface area contributed by atoms with Crippen LogP contribution in [-0.4, -0.2) is 43.6 Å². The van der Waals surface area contributed by atoms with Crippen molar-refractivity contribution < 1.29 is 13.2 Å². The number of carbonyl (C=O) groups excluding carboxylic acids is 1. The molecule has 1 aromatic rings. The van der Waals surface area contributed by atoms with Crippen molar-refractivity contribution in [1.29, 1.82) is 0 Å². The molecule has 0 fully saturated rings. The molecule has 0 unspecified atom stereocenters. The van der Waals surface area contributed by atoms with Crippen molar-refractivity contribution in [3.05, 3.63) is 29.6 Å². The third kappa shape index (κ3) is 4.96. The summed E-state index contributed by atoms with van der Waals surface area (Å²) in [6, 6.07) is 3.24. The van der Waals surface area contributed by atoms with E-state index in [1.54, 1.807) is 17.0 Å². The molecule has 0 bridgehead atoms. The Hall–Kier alpha value is -1.47. The number of pyridine rings is 1. The Morgan fingerprint density at radius 2 is 2.00 bits per heavy atom. The highest BCUT2D eigenvalue weighted by atomic mass is 32.2. The molecular formula is C12H19N3O3S. The van der Waals surface area contributed by atoms with Crippen LogP contribution < -0.4 is 4.72 Å². The highest BCUT2D eigenvalue weighted by molar-refractivity contribution is 7.88. The van der Waals surface area contributed by atoms with Gasteiger partial charge in [-0.2, -0.15) is 0 Å². The zero-order valence-corrected chi connectivity index (χ0v) is 12.2. The zero-order valence-electron chi connectivity index (χ0n) is 11.4. The lowest BCUT2D eigenvalue weighted by atomic mass is 10.2. The molecule has 6 nitrogen and oxygen atoms in total. The summed E-state index contributed by atoms with van der Waals surface area (Å²) in [5.41, 5.74) is 1.03. The van der Waals surface area contributed by atoms with Crippen LogP contribution in [0.4, 0.5) is 0 Å². The van der Waals surface area contributed by atoms with Gasteiger partial charge in [-0.15, -0.1) is 0 Å². The van der Waals surface area contributed by atoms with E-state index in [0.717, 1.165) is 6.26 Å². The van der Waals surface area contributed by atoms with Crippen molar-refractivity contribution in [2.75, 3.05) is 19.3 Å². The second-order valence-corrected chi connectivity index (χ2v) is 5.94. The molecule has 1 amide bonds. The summed E-state index contributed by atoms with van der Waals surface area (Å²) in [4.78, 5) is 17.9. The highest BCUT2D eigenvalue weighted by Gasteiger charge is 2.13. The summed E-state index contributed by atoms with van der Waals surface area (Å²) >= 11 is 0. The van der Waals surface area contributed by atoms with Crippen LogP contribution >= 0.6 is 0 Å². The van der Waals surface area contributed by atoms with E-state index in [1.165, 1.54) is 6.20 Å². The second kappa shape index (κ2) is 6.63. The molecular weight excluding hydrogens is 266 g/mol. The Morgan fingerprint density at radius 1 is 1.37 bits per heavy atom. The summed E-state index contributed by atoms with van der Waals surface area (Å²) in [5, 5.41) is 0. The molecule has 0 atom stereocenters. The molecule has 0 saturated heterocycles. The maximum absolute atomic E-state index is 12.1. The van der Waals surface area contributed by atoms with E-state index in [-0.39, 0.29) is 12.5 Å². The number of amides is 1. The van der Waals surface area contributed by atoms with Gasteiger partial charge in [-0.25, -0.2) is 13.1 Å². The van der Waals surface area contributed by atoms with Crippen LogP contribution in [0.5, 0.6) is 0 Å². The molecule has 0 aliphatic rings. The molecule has 0 aliphatic carbocycles. The first-order valence-electron chi connectivity index (χ1n) is 6.06. The normalized spacial score (nSPS) is 11.3. The van der Waals surface area contributed by atoms with E-state index in [2.05, 4.69) is 9.71 Å². The Labute approximate surface area is 113 Å². The van der Waals surface area contributed by atoms with Gasteiger partial charge in [0.1, 0.15) is 0 Å². The number of hydrogen-bond donors (Lipinski definition) is 1. The lowest BCUT2D eigenvalue weighted by Gasteiger charge is -2.18. The van der Waals surface area contributed by atoms with Gasteiger partial charge >= 0.3 is 0 Å². The van der Waals surface area contributed by atoms with E-state index in [1.807, 2.05) is 13.8 Å². The maximum atomic E-state index is 12.1. The lowest BCUT2D eigenvalue weighted by molar-refractivity contribution is 0.0772. The third-order valence-corrected chi connectivity index (χ3v) is 3.30. The number of hydrogen-bond acceptors (Lipinski definition) is 4. The fourth-order valence-corrected chi connectivity index (χ4v) is 2.02. The van der Waals surface area contributed by atoms with Gasteiger partial charge in [0.15, 0.2) is 0 Å². The Morgan fingerprint density at radius 3 is 2.53 bits per heavy atom. The zero-order chi connectivity index (χ0) is 14.5. The van der Waals surface area contributed by atoms with Crippen molar-refractivity contribution in [2.45, 2.75) is 20.4 Å². The second-order valence-electron chi connectivity index (χ2n) is 4.11. The predicted molar refractivity (Wildman–Crippen MR) is 73.2 cm³/mol. The van der Waals surface area contributed by atoms with Crippen molar-refractivity contribution in [2.24, 2.45) is 0 Å². The quantitative estimate of drug-likeness (QED) is 0.830. The molecule has 0 aromatic carbocycles. The van der Waals surface area contributed by atoms with Crippen molar-refractivity contribution in [3.63, 3.8) is 0 Å². The first-order valence-corrected chi connectivity index (χ1v) is 7.95. The molecule has 0 aliphatic heterocycles. The standard InChI is InChI=1S/C12H19N3O3S/c1-4-15(5-2)12(16)10-6-7-13-11(8-10)9-14-19(3,17)18/h6-8,14H,4-5,9H2,1-3H3. The fourth-order valence-electron chi connectivity index (χ4n) is 1.61. The summed E-state index contributed by atoms with van der Waals surface area (Å²) in [7, 11) is -3.27. The Bertz CT molecular complexity index is 539. The predicted octanol–water partition coefficient (Wildman–Crippen LogP) is 0.613. The van der Waals surface area contributed by atoms with Gasteiger partial charge in [-0.3, -0.25) is 9.78 Å². The SMILES string of the molecule is CCN(CC)C(=O)c1ccnc(CNS(C)(=O)=O)c1. The summed E-state index contributed by atoms with van der Waals surface area (Å²) in [5.74, 6) is -0.0759. The van der Waals surface area contributed by atoms with Crippen LogP contribution in [0.2, 0.25) is 0 Å². The van der Waals surface area contributed by atoms with Crippen molar-refractivity contribution in [1.82, 2.24) is 14.6 Å². The smallest absolute Gasteiger partial charge is 0.253 e. The van der Waals surface area contributed by atoms with E-state index in [9.17, 15) is 13.2 Å². The van der Waals surface area contributed by atoms with Gasteiger partial charge in [-0.1, -0.05) is 0 Å². The number of nitrogens with zero attached hydrogens (tertiary/aromatic N) is 2. The molecule has 0 radical (unpaired) electrons. The lowest BCUT2D eigenvalue weighted by Crippen LogP contribution is -2.30. The minimum atomic E-state index is -3.27. The number of rotatable bonds is 6. The first-order chi connectivity index (χ1) is 8.87. The van der Waals surface area contributed by atoms with Crippen LogP contribution in [0.15, 0.2) is 18.3 Å². The molecule has 1 N–H and O–H groups in total. The minimum Gasteiger partial charge on any atom is -0.339 e. The number of aromatic nitrogens is 1. The summed E-state index contributed by atoms with van der Waals surface area (Å²) in [6.07, 6.45) is 2.59. The van der Waals surface area contributed by atoms with E-state index >= 15 is 0 Å². The van der Waals surface area contributed by atoms with Gasteiger partial charge in [0.2, 0.25) is 10.0 Å². The Kier molecular flexibility index (Phi) is 5.44. The van der Waals surface area contributed by atoms with E-state index in [0.29, 0.717) is 24.3 Å². The maximum Gasteiger partial charge on any atom is 0.253 e. The van der Waals surface area contributed by atoms with Gasteiger partial charge in [0, 0.05) is 24.8 Å². The molecule has 0 spiro atoms. The van der Waals surface area contributed by atoms with Crippen LogP contribution in [0.3, 0.4) is 0 Å². The highest BCUT2D eigenvalue weighted by Crippen LogP contribution is 2.06. The van der Waals surface area contributed by atoms with Gasteiger partial charge in [0.05, 0.1) is 18.5 Å². The fraction of sp³-hybridized carbons (Fsp3) is 0.500. The summed E-state index contributed by atoms with van der Waals surface area (Å²) < 4.78 is 24.4. The van der Waals surface area contributed by atoms with Crippen LogP contribution in [0.25, 0.3) is 0 Å². The molecule has 1 heterocycles. The molecule has 106 valence electrons. The molecule has 0 saturated carbocycles. The number of carbonyl (C=O) groups is 1. The van der Waals surface area contributed by atoms with Gasteiger partial charge < -0.3 is 4.90 Å². The van der Waals surface area contributed by atoms with Gasteiger partial charge in [0.25, 0.3) is 5.91 Å². The van der Waals surface area contributed by atoms with Crippen molar-refractivity contribution >= 4 is 15.9 Å². The third-order valence-electron chi connectivity index (χ3n) is 2.63. The van der Waals surface area contributed by atoms with Gasteiger partial charge in [-0.05, 0) is 26.0 Å². The molecule has 1 rings (SSSR count). The van der Waals surface area contributed by atoms with Crippen LogP contribution in [0, 0.1) is 0 Å². The molecule has 7 heteroatoms.